The zero-order valence-electron chi connectivity index (χ0n) is 15.1. The molecule has 2 fully saturated rings. The normalized spacial score (nSPS) is 21.9. The standard InChI is InChI=1S/C21H21N5O/c1-23-18-3-2-4-20(10-18)27-15-17-9-19-14-26(8-7-25(19)13-17)21-6-5-16(11-22)12-24-21/h2-6,10,12,17,19H,7-9,13-15H2. The number of pyridine rings is 1. The number of ether oxygens (including phenoxy) is 1. The maximum absolute atomic E-state index is 8.92. The van der Waals surface area contributed by atoms with Crippen LogP contribution in [0.25, 0.3) is 4.85 Å². The lowest BCUT2D eigenvalue weighted by Gasteiger charge is -2.38. The van der Waals surface area contributed by atoms with E-state index < -0.39 is 0 Å². The van der Waals surface area contributed by atoms with E-state index in [1.54, 1.807) is 18.3 Å². The number of anilines is 1. The molecule has 3 heterocycles. The molecule has 6 heteroatoms. The van der Waals surface area contributed by atoms with Gasteiger partial charge in [-0.25, -0.2) is 9.83 Å². The topological polar surface area (TPSA) is 56.8 Å². The van der Waals surface area contributed by atoms with Crippen molar-refractivity contribution in [2.75, 3.05) is 37.7 Å². The van der Waals surface area contributed by atoms with Gasteiger partial charge in [-0.05, 0) is 30.7 Å². The Balaban J connectivity index is 1.33. The van der Waals surface area contributed by atoms with E-state index in [9.17, 15) is 0 Å². The molecule has 0 spiro atoms. The van der Waals surface area contributed by atoms with E-state index in [1.807, 2.05) is 24.3 Å². The Hall–Kier alpha value is -3.09. The molecule has 1 aromatic carbocycles. The Morgan fingerprint density at radius 1 is 1.26 bits per heavy atom. The van der Waals surface area contributed by atoms with Crippen molar-refractivity contribution >= 4 is 11.5 Å². The van der Waals surface area contributed by atoms with Crippen LogP contribution in [0, 0.1) is 23.8 Å². The minimum Gasteiger partial charge on any atom is -0.495 e. The Labute approximate surface area is 159 Å². The van der Waals surface area contributed by atoms with Crippen LogP contribution in [0.3, 0.4) is 0 Å². The molecule has 2 atom stereocenters. The molecule has 2 aliphatic heterocycles. The summed E-state index contributed by atoms with van der Waals surface area (Å²) in [4.78, 5) is 12.7. The first-order valence-electron chi connectivity index (χ1n) is 9.20. The molecule has 0 radical (unpaired) electrons. The van der Waals surface area contributed by atoms with Gasteiger partial charge in [-0.15, -0.1) is 0 Å². The van der Waals surface area contributed by atoms with Gasteiger partial charge in [0.25, 0.3) is 0 Å². The first-order chi connectivity index (χ1) is 13.2. The Morgan fingerprint density at radius 3 is 2.96 bits per heavy atom. The summed E-state index contributed by atoms with van der Waals surface area (Å²) >= 11 is 0. The fourth-order valence-electron chi connectivity index (χ4n) is 3.97. The zero-order chi connectivity index (χ0) is 18.6. The van der Waals surface area contributed by atoms with E-state index >= 15 is 0 Å². The lowest BCUT2D eigenvalue weighted by Crippen LogP contribution is -2.50. The van der Waals surface area contributed by atoms with Crippen molar-refractivity contribution < 1.29 is 4.74 Å². The van der Waals surface area contributed by atoms with Crippen LogP contribution in [0.2, 0.25) is 0 Å². The van der Waals surface area contributed by atoms with Crippen LogP contribution in [-0.2, 0) is 0 Å². The van der Waals surface area contributed by atoms with Crippen molar-refractivity contribution in [2.45, 2.75) is 12.5 Å². The van der Waals surface area contributed by atoms with Gasteiger partial charge < -0.3 is 9.64 Å². The molecule has 1 aromatic heterocycles. The van der Waals surface area contributed by atoms with Gasteiger partial charge in [0.15, 0.2) is 5.69 Å². The molecule has 6 nitrogen and oxygen atoms in total. The molecule has 27 heavy (non-hydrogen) atoms. The first-order valence-corrected chi connectivity index (χ1v) is 9.20. The fourth-order valence-corrected chi connectivity index (χ4v) is 3.97. The van der Waals surface area contributed by atoms with Gasteiger partial charge >= 0.3 is 0 Å². The highest BCUT2D eigenvalue weighted by Gasteiger charge is 2.36. The maximum atomic E-state index is 8.92. The van der Waals surface area contributed by atoms with Crippen molar-refractivity contribution in [3.05, 3.63) is 59.6 Å². The summed E-state index contributed by atoms with van der Waals surface area (Å²) < 4.78 is 5.95. The van der Waals surface area contributed by atoms with Crippen molar-refractivity contribution in [1.29, 1.82) is 5.26 Å². The van der Waals surface area contributed by atoms with E-state index in [4.69, 9.17) is 16.6 Å². The quantitative estimate of drug-likeness (QED) is 0.785. The van der Waals surface area contributed by atoms with E-state index in [1.165, 1.54) is 0 Å². The molecular weight excluding hydrogens is 338 g/mol. The minimum atomic E-state index is 0.500. The van der Waals surface area contributed by atoms with Gasteiger partial charge in [-0.1, -0.05) is 12.1 Å². The predicted molar refractivity (Wildman–Crippen MR) is 103 cm³/mol. The van der Waals surface area contributed by atoms with Crippen LogP contribution in [0.15, 0.2) is 42.6 Å². The summed E-state index contributed by atoms with van der Waals surface area (Å²) in [5.41, 5.74) is 1.21. The SMILES string of the molecule is [C-]#[N+]c1cccc(OCC2CC3CN(c4ccc(C#N)cn4)CCN3C2)c1. The molecule has 136 valence electrons. The summed E-state index contributed by atoms with van der Waals surface area (Å²) in [7, 11) is 0. The molecule has 2 saturated heterocycles. The van der Waals surface area contributed by atoms with Crippen molar-refractivity contribution in [3.63, 3.8) is 0 Å². The summed E-state index contributed by atoms with van der Waals surface area (Å²) in [5.74, 6) is 2.22. The van der Waals surface area contributed by atoms with Gasteiger partial charge in [0, 0.05) is 44.3 Å². The molecule has 0 bridgehead atoms. The summed E-state index contributed by atoms with van der Waals surface area (Å²) in [6.07, 6.45) is 2.75. The number of aromatic nitrogens is 1. The van der Waals surface area contributed by atoms with E-state index in [2.05, 4.69) is 25.7 Å². The average Bonchev–Trinajstić information content (AvgIpc) is 3.14. The molecular formula is C21H21N5O. The number of benzene rings is 1. The van der Waals surface area contributed by atoms with Gasteiger partial charge in [-0.2, -0.15) is 5.26 Å². The molecule has 0 amide bonds. The third-order valence-electron chi connectivity index (χ3n) is 5.34. The second-order valence-electron chi connectivity index (χ2n) is 7.13. The highest BCUT2D eigenvalue weighted by Crippen LogP contribution is 2.29. The lowest BCUT2D eigenvalue weighted by molar-refractivity contribution is 0.216. The monoisotopic (exact) mass is 359 g/mol. The Morgan fingerprint density at radius 2 is 2.19 bits per heavy atom. The number of rotatable bonds is 4. The van der Waals surface area contributed by atoms with Crippen LogP contribution in [0.1, 0.15) is 12.0 Å². The Bertz CT molecular complexity index is 883. The van der Waals surface area contributed by atoms with Gasteiger partial charge in [-0.3, -0.25) is 4.90 Å². The van der Waals surface area contributed by atoms with Crippen LogP contribution >= 0.6 is 0 Å². The largest absolute Gasteiger partial charge is 0.495 e. The van der Waals surface area contributed by atoms with Crippen LogP contribution in [0.5, 0.6) is 5.75 Å². The summed E-state index contributed by atoms with van der Waals surface area (Å²) in [5, 5.41) is 8.92. The van der Waals surface area contributed by atoms with E-state index in [0.29, 0.717) is 29.8 Å². The van der Waals surface area contributed by atoms with E-state index in [0.717, 1.165) is 44.2 Å². The van der Waals surface area contributed by atoms with E-state index in [-0.39, 0.29) is 0 Å². The molecule has 0 aliphatic carbocycles. The molecule has 0 N–H and O–H groups in total. The summed E-state index contributed by atoms with van der Waals surface area (Å²) in [6, 6.07) is 13.8. The average molecular weight is 359 g/mol. The molecule has 2 unspecified atom stereocenters. The van der Waals surface area contributed by atoms with Crippen LogP contribution in [0.4, 0.5) is 11.5 Å². The fraction of sp³-hybridized carbons (Fsp3) is 0.381. The third kappa shape index (κ3) is 3.86. The summed E-state index contributed by atoms with van der Waals surface area (Å²) in [6.45, 7) is 11.8. The van der Waals surface area contributed by atoms with Crippen molar-refractivity contribution in [3.8, 4) is 11.8 Å². The first kappa shape index (κ1) is 17.3. The number of fused-ring (bicyclic) bond motifs is 1. The molecule has 0 saturated carbocycles. The van der Waals surface area contributed by atoms with Crippen molar-refractivity contribution in [2.24, 2.45) is 5.92 Å². The smallest absolute Gasteiger partial charge is 0.190 e. The lowest BCUT2D eigenvalue weighted by atomic mass is 10.1. The second kappa shape index (κ2) is 7.65. The second-order valence-corrected chi connectivity index (χ2v) is 7.13. The van der Waals surface area contributed by atoms with Crippen LogP contribution < -0.4 is 9.64 Å². The Kier molecular flexibility index (Phi) is 4.91. The predicted octanol–water partition coefficient (Wildman–Crippen LogP) is 3.09. The third-order valence-corrected chi connectivity index (χ3v) is 5.34. The highest BCUT2D eigenvalue weighted by molar-refractivity contribution is 5.48. The van der Waals surface area contributed by atoms with Gasteiger partial charge in [0.05, 0.1) is 18.7 Å². The number of hydrogen-bond acceptors (Lipinski definition) is 5. The molecule has 4 rings (SSSR count). The number of nitrogens with zero attached hydrogens (tertiary/aromatic N) is 5. The molecule has 2 aliphatic rings. The highest BCUT2D eigenvalue weighted by atomic mass is 16.5. The molecule has 2 aromatic rings. The number of piperazine rings is 1. The van der Waals surface area contributed by atoms with Crippen molar-refractivity contribution in [1.82, 2.24) is 9.88 Å². The van der Waals surface area contributed by atoms with Gasteiger partial charge in [0.2, 0.25) is 0 Å². The minimum absolute atomic E-state index is 0.500. The van der Waals surface area contributed by atoms with Crippen LogP contribution in [-0.4, -0.2) is 48.7 Å². The number of nitriles is 1. The maximum Gasteiger partial charge on any atom is 0.190 e. The van der Waals surface area contributed by atoms with Gasteiger partial charge in [0.1, 0.15) is 17.6 Å². The number of hydrogen-bond donors (Lipinski definition) is 0. The zero-order valence-corrected chi connectivity index (χ0v) is 15.1.